The minimum Gasteiger partial charge on any atom is -0.337 e. The lowest BCUT2D eigenvalue weighted by Crippen LogP contribution is -2.47. The zero-order chi connectivity index (χ0) is 17.6. The normalized spacial score (nSPS) is 15.6. The molecule has 0 unspecified atom stereocenters. The molecule has 1 aromatic carbocycles. The van der Waals surface area contributed by atoms with Crippen LogP contribution in [-0.4, -0.2) is 46.8 Å². The zero-order valence-electron chi connectivity index (χ0n) is 13.7. The maximum absolute atomic E-state index is 12.3. The maximum atomic E-state index is 12.3. The molecule has 1 saturated heterocycles. The summed E-state index contributed by atoms with van der Waals surface area (Å²) in [6.45, 7) is 3.98. The van der Waals surface area contributed by atoms with Gasteiger partial charge < -0.3 is 4.90 Å². The summed E-state index contributed by atoms with van der Waals surface area (Å²) in [4.78, 5) is 27.4. The lowest BCUT2D eigenvalue weighted by molar-refractivity contribution is -0.380. The molecular formula is C18H19N3O3S. The van der Waals surface area contributed by atoms with E-state index in [1.807, 2.05) is 23.1 Å². The van der Waals surface area contributed by atoms with Crippen LogP contribution in [0, 0.1) is 10.1 Å². The quantitative estimate of drug-likeness (QED) is 0.469. The Kier molecular flexibility index (Phi) is 5.57. The molecule has 0 saturated carbocycles. The van der Waals surface area contributed by atoms with Gasteiger partial charge in [-0.3, -0.25) is 19.8 Å². The number of thiophene rings is 1. The second-order valence-electron chi connectivity index (χ2n) is 5.85. The predicted octanol–water partition coefficient (Wildman–Crippen LogP) is 3.01. The molecule has 6 nitrogen and oxygen atoms in total. The van der Waals surface area contributed by atoms with Crippen LogP contribution < -0.4 is 0 Å². The third-order valence-electron chi connectivity index (χ3n) is 4.12. The van der Waals surface area contributed by atoms with Crippen molar-refractivity contribution in [3.63, 3.8) is 0 Å². The number of amides is 1. The van der Waals surface area contributed by atoms with Crippen LogP contribution in [-0.2, 0) is 11.3 Å². The highest BCUT2D eigenvalue weighted by molar-refractivity contribution is 7.16. The van der Waals surface area contributed by atoms with Crippen molar-refractivity contribution in [2.24, 2.45) is 0 Å². The summed E-state index contributed by atoms with van der Waals surface area (Å²) in [6, 6.07) is 13.4. The average molecular weight is 357 g/mol. The van der Waals surface area contributed by atoms with Gasteiger partial charge in [0.2, 0.25) is 5.91 Å². The van der Waals surface area contributed by atoms with E-state index in [0.717, 1.165) is 31.0 Å². The van der Waals surface area contributed by atoms with E-state index in [-0.39, 0.29) is 10.9 Å². The van der Waals surface area contributed by atoms with Crippen LogP contribution in [0.25, 0.3) is 6.08 Å². The van der Waals surface area contributed by atoms with Gasteiger partial charge in [-0.05, 0) is 17.7 Å². The summed E-state index contributed by atoms with van der Waals surface area (Å²) >= 11 is 1.07. The lowest BCUT2D eigenvalue weighted by atomic mass is 10.2. The van der Waals surface area contributed by atoms with E-state index in [1.54, 1.807) is 12.1 Å². The Labute approximate surface area is 150 Å². The summed E-state index contributed by atoms with van der Waals surface area (Å²) in [6.07, 6.45) is 3.15. The van der Waals surface area contributed by atoms with E-state index < -0.39 is 4.92 Å². The fourth-order valence-electron chi connectivity index (χ4n) is 2.76. The molecule has 0 bridgehead atoms. The Hall–Kier alpha value is -2.51. The van der Waals surface area contributed by atoms with Crippen molar-refractivity contribution in [1.29, 1.82) is 0 Å². The van der Waals surface area contributed by atoms with E-state index in [4.69, 9.17) is 0 Å². The number of rotatable bonds is 5. The number of nitrogens with zero attached hydrogens (tertiary/aromatic N) is 3. The maximum Gasteiger partial charge on any atom is 0.324 e. The number of piperazine rings is 1. The molecule has 3 rings (SSSR count). The molecule has 1 fully saturated rings. The molecule has 1 aliphatic heterocycles. The van der Waals surface area contributed by atoms with Crippen LogP contribution in [0.5, 0.6) is 0 Å². The van der Waals surface area contributed by atoms with E-state index in [2.05, 4.69) is 17.0 Å². The van der Waals surface area contributed by atoms with Crippen LogP contribution in [0.1, 0.15) is 10.4 Å². The topological polar surface area (TPSA) is 66.7 Å². The third kappa shape index (κ3) is 4.74. The Morgan fingerprint density at radius 3 is 2.48 bits per heavy atom. The first kappa shape index (κ1) is 17.3. The number of hydrogen-bond acceptors (Lipinski definition) is 5. The van der Waals surface area contributed by atoms with Crippen molar-refractivity contribution in [3.8, 4) is 0 Å². The number of carbonyl (C=O) groups excluding carboxylic acids is 1. The Balaban J connectivity index is 1.49. The average Bonchev–Trinajstić information content (AvgIpc) is 3.11. The summed E-state index contributed by atoms with van der Waals surface area (Å²) in [5.41, 5.74) is 1.28. The summed E-state index contributed by atoms with van der Waals surface area (Å²) in [5.74, 6) is -0.0459. The monoisotopic (exact) mass is 357 g/mol. The summed E-state index contributed by atoms with van der Waals surface area (Å²) in [7, 11) is 0. The number of hydrogen-bond donors (Lipinski definition) is 0. The molecule has 25 heavy (non-hydrogen) atoms. The third-order valence-corrected chi connectivity index (χ3v) is 5.12. The zero-order valence-corrected chi connectivity index (χ0v) is 14.5. The second kappa shape index (κ2) is 8.04. The number of nitro groups is 1. The molecule has 2 heterocycles. The van der Waals surface area contributed by atoms with Crippen molar-refractivity contribution >= 4 is 28.3 Å². The van der Waals surface area contributed by atoms with Crippen molar-refractivity contribution < 1.29 is 9.72 Å². The number of benzene rings is 1. The molecule has 130 valence electrons. The molecule has 0 aliphatic carbocycles. The smallest absolute Gasteiger partial charge is 0.324 e. The lowest BCUT2D eigenvalue weighted by Gasteiger charge is -2.34. The number of carbonyl (C=O) groups is 1. The minimum absolute atomic E-state index is 0.0459. The van der Waals surface area contributed by atoms with Gasteiger partial charge in [0, 0.05) is 49.7 Å². The predicted molar refractivity (Wildman–Crippen MR) is 98.3 cm³/mol. The highest BCUT2D eigenvalue weighted by Crippen LogP contribution is 2.24. The first-order chi connectivity index (χ1) is 12.1. The minimum atomic E-state index is -0.421. The molecule has 0 atom stereocenters. The highest BCUT2D eigenvalue weighted by Gasteiger charge is 2.19. The van der Waals surface area contributed by atoms with Gasteiger partial charge in [0.05, 0.1) is 4.92 Å². The van der Waals surface area contributed by atoms with Gasteiger partial charge in [-0.1, -0.05) is 41.7 Å². The largest absolute Gasteiger partial charge is 0.337 e. The van der Waals surface area contributed by atoms with E-state index in [0.29, 0.717) is 18.0 Å². The fraction of sp³-hybridized carbons (Fsp3) is 0.278. The van der Waals surface area contributed by atoms with Gasteiger partial charge >= 0.3 is 5.00 Å². The first-order valence-electron chi connectivity index (χ1n) is 8.09. The van der Waals surface area contributed by atoms with Gasteiger partial charge in [-0.2, -0.15) is 0 Å². The van der Waals surface area contributed by atoms with Gasteiger partial charge in [-0.15, -0.1) is 0 Å². The molecule has 0 spiro atoms. The van der Waals surface area contributed by atoms with Gasteiger partial charge in [0.25, 0.3) is 0 Å². The van der Waals surface area contributed by atoms with Crippen LogP contribution in [0.4, 0.5) is 5.00 Å². The molecule has 0 N–H and O–H groups in total. The summed E-state index contributed by atoms with van der Waals surface area (Å²) < 4.78 is 0. The summed E-state index contributed by atoms with van der Waals surface area (Å²) in [5, 5.41) is 10.8. The molecule has 2 aromatic rings. The SMILES string of the molecule is O=C(/C=C/c1ccc([N+](=O)[O-])s1)N1CCN(Cc2ccccc2)CC1. The highest BCUT2D eigenvalue weighted by atomic mass is 32.1. The molecule has 7 heteroatoms. The van der Waals surface area contributed by atoms with Gasteiger partial charge in [0.15, 0.2) is 0 Å². The van der Waals surface area contributed by atoms with Crippen LogP contribution in [0.2, 0.25) is 0 Å². The van der Waals surface area contributed by atoms with Crippen LogP contribution in [0.15, 0.2) is 48.5 Å². The first-order valence-corrected chi connectivity index (χ1v) is 8.91. The Morgan fingerprint density at radius 2 is 1.84 bits per heavy atom. The van der Waals surface area contributed by atoms with Gasteiger partial charge in [-0.25, -0.2) is 0 Å². The molecule has 1 amide bonds. The molecule has 0 radical (unpaired) electrons. The molecular weight excluding hydrogens is 338 g/mol. The van der Waals surface area contributed by atoms with Gasteiger partial charge in [0.1, 0.15) is 0 Å². The molecule has 1 aromatic heterocycles. The van der Waals surface area contributed by atoms with Crippen molar-refractivity contribution in [3.05, 3.63) is 69.1 Å². The Bertz CT molecular complexity index is 765. The standard InChI is InChI=1S/C18H19N3O3S/c22-17(8-6-16-7-9-18(25-16)21(23)24)20-12-10-19(11-13-20)14-15-4-2-1-3-5-15/h1-9H,10-14H2/b8-6+. The fourth-order valence-corrected chi connectivity index (χ4v) is 3.48. The molecule has 1 aliphatic rings. The van der Waals surface area contributed by atoms with Crippen LogP contribution in [0.3, 0.4) is 0 Å². The van der Waals surface area contributed by atoms with E-state index in [1.165, 1.54) is 17.7 Å². The van der Waals surface area contributed by atoms with E-state index in [9.17, 15) is 14.9 Å². The van der Waals surface area contributed by atoms with Crippen molar-refractivity contribution in [2.75, 3.05) is 26.2 Å². The Morgan fingerprint density at radius 1 is 1.12 bits per heavy atom. The van der Waals surface area contributed by atoms with Crippen molar-refractivity contribution in [2.45, 2.75) is 6.54 Å². The van der Waals surface area contributed by atoms with E-state index >= 15 is 0 Å². The van der Waals surface area contributed by atoms with Crippen molar-refractivity contribution in [1.82, 2.24) is 9.80 Å². The van der Waals surface area contributed by atoms with Crippen LogP contribution >= 0.6 is 11.3 Å². The second-order valence-corrected chi connectivity index (χ2v) is 6.95.